The number of hydrogen-bond acceptors (Lipinski definition) is 4. The van der Waals surface area contributed by atoms with Gasteiger partial charge < -0.3 is 5.11 Å². The highest BCUT2D eigenvalue weighted by atomic mass is 32.1. The highest BCUT2D eigenvalue weighted by Gasteiger charge is 2.42. The first kappa shape index (κ1) is 22.5. The number of amides is 2. The van der Waals surface area contributed by atoms with Crippen LogP contribution in [0.25, 0.3) is 0 Å². The maximum Gasteiger partial charge on any atom is 0.282 e. The van der Waals surface area contributed by atoms with Crippen LogP contribution in [0.4, 0.5) is 0 Å². The summed E-state index contributed by atoms with van der Waals surface area (Å²) in [5, 5.41) is 14.9. The molecule has 1 unspecified atom stereocenters. The van der Waals surface area contributed by atoms with Crippen LogP contribution in [0.3, 0.4) is 0 Å². The van der Waals surface area contributed by atoms with Crippen LogP contribution >= 0.6 is 11.3 Å². The molecule has 5 nitrogen and oxygen atoms in total. The molecule has 1 atom stereocenters. The van der Waals surface area contributed by atoms with Gasteiger partial charge in [-0.3, -0.25) is 15.0 Å². The molecule has 2 N–H and O–H groups in total. The SMILES string of the molecule is CC(c1ccccc1)N(NC(=O)C(O)(c1ccccc1)c1ccccc1)C(=O)c1cccs1. The van der Waals surface area contributed by atoms with Crippen molar-refractivity contribution >= 4 is 23.2 Å². The molecule has 1 aromatic heterocycles. The third-order valence-corrected chi connectivity index (χ3v) is 6.41. The summed E-state index contributed by atoms with van der Waals surface area (Å²) >= 11 is 1.29. The Kier molecular flexibility index (Phi) is 6.68. The van der Waals surface area contributed by atoms with Crippen molar-refractivity contribution in [1.29, 1.82) is 0 Å². The summed E-state index contributed by atoms with van der Waals surface area (Å²) in [5.74, 6) is -1.06. The lowest BCUT2D eigenvalue weighted by molar-refractivity contribution is -0.141. The summed E-state index contributed by atoms with van der Waals surface area (Å²) in [6.07, 6.45) is 0. The predicted molar refractivity (Wildman–Crippen MR) is 129 cm³/mol. The molecule has 166 valence electrons. The van der Waals surface area contributed by atoms with Gasteiger partial charge in [0.05, 0.1) is 10.9 Å². The van der Waals surface area contributed by atoms with Crippen LogP contribution in [0, 0.1) is 0 Å². The fourth-order valence-corrected chi connectivity index (χ4v) is 4.36. The van der Waals surface area contributed by atoms with Gasteiger partial charge in [0, 0.05) is 0 Å². The van der Waals surface area contributed by atoms with Gasteiger partial charge >= 0.3 is 0 Å². The second-order valence-corrected chi connectivity index (χ2v) is 8.57. The molecule has 0 spiro atoms. The molecular formula is C27H24N2O3S. The summed E-state index contributed by atoms with van der Waals surface area (Å²) in [6.45, 7) is 1.84. The third kappa shape index (κ3) is 4.58. The van der Waals surface area contributed by atoms with Gasteiger partial charge in [-0.05, 0) is 35.1 Å². The van der Waals surface area contributed by atoms with Crippen molar-refractivity contribution in [3.63, 3.8) is 0 Å². The Labute approximate surface area is 196 Å². The molecule has 2 amide bonds. The summed E-state index contributed by atoms with van der Waals surface area (Å²) in [5.41, 5.74) is 2.42. The monoisotopic (exact) mass is 456 g/mol. The van der Waals surface area contributed by atoms with Crippen LogP contribution in [0.5, 0.6) is 0 Å². The number of carbonyl (C=O) groups excluding carboxylic acids is 2. The number of nitrogens with zero attached hydrogens (tertiary/aromatic N) is 1. The first-order valence-corrected chi connectivity index (χ1v) is 11.5. The van der Waals surface area contributed by atoms with Crippen molar-refractivity contribution in [2.45, 2.75) is 18.6 Å². The summed E-state index contributed by atoms with van der Waals surface area (Å²) in [6, 6.07) is 29.9. The molecule has 0 aliphatic heterocycles. The van der Waals surface area contributed by atoms with E-state index in [1.54, 1.807) is 60.7 Å². The highest BCUT2D eigenvalue weighted by molar-refractivity contribution is 7.12. The van der Waals surface area contributed by atoms with Crippen molar-refractivity contribution < 1.29 is 14.7 Å². The standard InChI is InChI=1S/C27H24N2O3S/c1-20(21-12-5-2-6-13-21)29(25(30)24-18-11-19-33-24)28-26(31)27(32,22-14-7-3-8-15-22)23-16-9-4-10-17-23/h2-20,32H,1H3,(H,28,31). The molecule has 0 bridgehead atoms. The first-order valence-electron chi connectivity index (χ1n) is 10.6. The Balaban J connectivity index is 1.75. The minimum Gasteiger partial charge on any atom is -0.372 e. The van der Waals surface area contributed by atoms with Gasteiger partial charge in [0.2, 0.25) is 0 Å². The quantitative estimate of drug-likeness (QED) is 0.405. The normalized spacial score (nSPS) is 12.1. The smallest absolute Gasteiger partial charge is 0.282 e. The molecule has 0 saturated carbocycles. The lowest BCUT2D eigenvalue weighted by Gasteiger charge is -2.34. The first-order chi connectivity index (χ1) is 16.0. The predicted octanol–water partition coefficient (Wildman–Crippen LogP) is 4.92. The fourth-order valence-electron chi connectivity index (χ4n) is 3.70. The Morgan fingerprint density at radius 1 is 0.818 bits per heavy atom. The van der Waals surface area contributed by atoms with Crippen molar-refractivity contribution in [1.82, 2.24) is 10.4 Å². The summed E-state index contributed by atoms with van der Waals surface area (Å²) in [4.78, 5) is 27.6. The third-order valence-electron chi connectivity index (χ3n) is 5.55. The molecule has 0 fully saturated rings. The van der Waals surface area contributed by atoms with E-state index in [0.717, 1.165) is 5.56 Å². The van der Waals surface area contributed by atoms with Crippen LogP contribution in [0.2, 0.25) is 0 Å². The Morgan fingerprint density at radius 2 is 1.33 bits per heavy atom. The number of nitrogens with one attached hydrogen (secondary N) is 1. The Hall–Kier alpha value is -3.74. The van der Waals surface area contributed by atoms with E-state index < -0.39 is 17.6 Å². The zero-order valence-electron chi connectivity index (χ0n) is 18.1. The largest absolute Gasteiger partial charge is 0.372 e. The van der Waals surface area contributed by atoms with E-state index in [1.807, 2.05) is 54.8 Å². The maximum atomic E-state index is 13.7. The van der Waals surface area contributed by atoms with E-state index >= 15 is 0 Å². The van der Waals surface area contributed by atoms with E-state index in [1.165, 1.54) is 16.3 Å². The topological polar surface area (TPSA) is 69.6 Å². The average molecular weight is 457 g/mol. The minimum absolute atomic E-state index is 0.349. The van der Waals surface area contributed by atoms with E-state index in [0.29, 0.717) is 16.0 Å². The minimum atomic E-state index is -1.99. The van der Waals surface area contributed by atoms with E-state index in [9.17, 15) is 14.7 Å². The number of carbonyl (C=O) groups is 2. The van der Waals surface area contributed by atoms with Crippen molar-refractivity contribution in [2.24, 2.45) is 0 Å². The van der Waals surface area contributed by atoms with Gasteiger partial charge in [-0.2, -0.15) is 0 Å². The molecule has 4 aromatic rings. The zero-order chi connectivity index (χ0) is 23.3. The molecule has 1 heterocycles. The molecule has 33 heavy (non-hydrogen) atoms. The number of hydrogen-bond donors (Lipinski definition) is 2. The molecule has 3 aromatic carbocycles. The fraction of sp³-hybridized carbons (Fsp3) is 0.111. The lowest BCUT2D eigenvalue weighted by atomic mass is 9.85. The van der Waals surface area contributed by atoms with Gasteiger partial charge in [0.15, 0.2) is 5.60 Å². The van der Waals surface area contributed by atoms with Crippen LogP contribution in [0.15, 0.2) is 109 Å². The molecule has 6 heteroatoms. The summed E-state index contributed by atoms with van der Waals surface area (Å²) in [7, 11) is 0. The molecule has 0 aliphatic rings. The van der Waals surface area contributed by atoms with Gasteiger partial charge in [0.25, 0.3) is 11.8 Å². The molecule has 0 aliphatic carbocycles. The van der Waals surface area contributed by atoms with Gasteiger partial charge in [-0.15, -0.1) is 11.3 Å². The number of rotatable bonds is 6. The molecule has 4 rings (SSSR count). The second-order valence-electron chi connectivity index (χ2n) is 7.62. The maximum absolute atomic E-state index is 13.7. The van der Waals surface area contributed by atoms with Crippen LogP contribution in [-0.4, -0.2) is 21.9 Å². The van der Waals surface area contributed by atoms with Gasteiger partial charge in [0.1, 0.15) is 0 Å². The molecule has 0 saturated heterocycles. The second kappa shape index (κ2) is 9.81. The summed E-state index contributed by atoms with van der Waals surface area (Å²) < 4.78 is 0. The Bertz CT molecular complexity index is 1160. The van der Waals surface area contributed by atoms with E-state index in [2.05, 4.69) is 5.43 Å². The number of benzene rings is 3. The molecule has 0 radical (unpaired) electrons. The zero-order valence-corrected chi connectivity index (χ0v) is 18.9. The van der Waals surface area contributed by atoms with Crippen LogP contribution in [-0.2, 0) is 10.4 Å². The van der Waals surface area contributed by atoms with Crippen molar-refractivity contribution in [3.8, 4) is 0 Å². The van der Waals surface area contributed by atoms with E-state index in [-0.39, 0.29) is 5.91 Å². The molecular weight excluding hydrogens is 432 g/mol. The Morgan fingerprint density at radius 3 is 1.82 bits per heavy atom. The van der Waals surface area contributed by atoms with Crippen LogP contribution in [0.1, 0.15) is 39.3 Å². The van der Waals surface area contributed by atoms with Gasteiger partial charge in [-0.1, -0.05) is 97.1 Å². The number of hydrazine groups is 1. The van der Waals surface area contributed by atoms with Gasteiger partial charge in [-0.25, -0.2) is 5.01 Å². The number of aliphatic hydroxyl groups is 1. The van der Waals surface area contributed by atoms with E-state index in [4.69, 9.17) is 0 Å². The van der Waals surface area contributed by atoms with Crippen LogP contribution < -0.4 is 5.43 Å². The van der Waals surface area contributed by atoms with Crippen molar-refractivity contribution in [3.05, 3.63) is 130 Å². The van der Waals surface area contributed by atoms with Crippen molar-refractivity contribution in [2.75, 3.05) is 0 Å². The lowest BCUT2D eigenvalue weighted by Crippen LogP contribution is -2.54. The number of thiophene rings is 1. The highest BCUT2D eigenvalue weighted by Crippen LogP contribution is 2.31. The average Bonchev–Trinajstić information content (AvgIpc) is 3.42.